The lowest BCUT2D eigenvalue weighted by molar-refractivity contribution is 0.0737. The molecule has 148 valence electrons. The van der Waals surface area contributed by atoms with Crippen molar-refractivity contribution in [3.8, 4) is 5.69 Å². The van der Waals surface area contributed by atoms with Gasteiger partial charge in [-0.25, -0.2) is 4.68 Å². The number of nitrogens with zero attached hydrogens (tertiary/aromatic N) is 4. The summed E-state index contributed by atoms with van der Waals surface area (Å²) in [7, 11) is 0. The molecule has 1 aliphatic rings. The number of benzene rings is 2. The Morgan fingerprint density at radius 2 is 1.59 bits per heavy atom. The highest BCUT2D eigenvalue weighted by atomic mass is 35.5. The lowest BCUT2D eigenvalue weighted by Gasteiger charge is -2.36. The van der Waals surface area contributed by atoms with Gasteiger partial charge >= 0.3 is 0 Å². The molecule has 0 bridgehead atoms. The molecule has 1 aliphatic heterocycles. The molecule has 7 heteroatoms. The fraction of sp³-hybridized carbons (Fsp3) is 0.227. The summed E-state index contributed by atoms with van der Waals surface area (Å²) in [4.78, 5) is 29.4. The fourth-order valence-corrected chi connectivity index (χ4v) is 3.62. The summed E-state index contributed by atoms with van der Waals surface area (Å²) < 4.78 is 1.64. The smallest absolute Gasteiger partial charge is 0.278 e. The van der Waals surface area contributed by atoms with Crippen LogP contribution in [0.25, 0.3) is 5.69 Å². The fourth-order valence-electron chi connectivity index (χ4n) is 3.50. The molecular formula is C22H21ClN4O2. The summed E-state index contributed by atoms with van der Waals surface area (Å²) in [6.07, 6.45) is 0. The Bertz CT molecular complexity index is 1070. The molecule has 3 aromatic rings. The second-order valence-electron chi connectivity index (χ2n) is 7.00. The molecule has 0 saturated carbocycles. The van der Waals surface area contributed by atoms with Crippen LogP contribution in [0.1, 0.15) is 16.2 Å². The van der Waals surface area contributed by atoms with Gasteiger partial charge in [0.1, 0.15) is 0 Å². The van der Waals surface area contributed by atoms with Crippen LogP contribution >= 0.6 is 11.6 Å². The zero-order chi connectivity index (χ0) is 20.4. The highest BCUT2D eigenvalue weighted by Gasteiger charge is 2.25. The molecule has 0 unspecified atom stereocenters. The van der Waals surface area contributed by atoms with Crippen molar-refractivity contribution in [2.45, 2.75) is 6.92 Å². The minimum Gasteiger partial charge on any atom is -0.368 e. The highest BCUT2D eigenvalue weighted by molar-refractivity contribution is 6.30. The van der Waals surface area contributed by atoms with Gasteiger partial charge in [0, 0.05) is 48.6 Å². The van der Waals surface area contributed by atoms with Crippen molar-refractivity contribution in [1.82, 2.24) is 14.7 Å². The summed E-state index contributed by atoms with van der Waals surface area (Å²) >= 11 is 5.96. The number of carbonyl (C=O) groups is 1. The number of rotatable bonds is 3. The molecule has 29 heavy (non-hydrogen) atoms. The van der Waals surface area contributed by atoms with E-state index in [0.717, 1.165) is 11.4 Å². The molecule has 2 heterocycles. The van der Waals surface area contributed by atoms with Crippen LogP contribution in [-0.4, -0.2) is 46.8 Å². The van der Waals surface area contributed by atoms with Crippen molar-refractivity contribution in [3.63, 3.8) is 0 Å². The second kappa shape index (κ2) is 8.09. The van der Waals surface area contributed by atoms with Gasteiger partial charge in [0.05, 0.1) is 5.69 Å². The van der Waals surface area contributed by atoms with E-state index in [1.807, 2.05) is 54.6 Å². The summed E-state index contributed by atoms with van der Waals surface area (Å²) in [5.41, 5.74) is 2.18. The van der Waals surface area contributed by atoms with E-state index in [0.29, 0.717) is 36.9 Å². The van der Waals surface area contributed by atoms with Gasteiger partial charge in [0.25, 0.3) is 5.91 Å². The maximum atomic E-state index is 13.0. The minimum absolute atomic E-state index is 0.0422. The highest BCUT2D eigenvalue weighted by Crippen LogP contribution is 2.20. The van der Waals surface area contributed by atoms with Crippen LogP contribution in [0.3, 0.4) is 0 Å². The van der Waals surface area contributed by atoms with Crippen LogP contribution in [0.2, 0.25) is 5.02 Å². The van der Waals surface area contributed by atoms with Crippen LogP contribution in [0.4, 0.5) is 5.69 Å². The first-order chi connectivity index (χ1) is 14.0. The van der Waals surface area contributed by atoms with Crippen LogP contribution in [-0.2, 0) is 0 Å². The van der Waals surface area contributed by atoms with E-state index in [1.165, 1.54) is 6.07 Å². The van der Waals surface area contributed by atoms with Gasteiger partial charge in [-0.3, -0.25) is 9.59 Å². The number of aryl methyl sites for hydroxylation is 1. The Kier molecular flexibility index (Phi) is 5.36. The third-order valence-electron chi connectivity index (χ3n) is 5.07. The molecule has 0 spiro atoms. The molecule has 0 radical (unpaired) electrons. The van der Waals surface area contributed by atoms with Crippen molar-refractivity contribution >= 4 is 23.2 Å². The van der Waals surface area contributed by atoms with Gasteiger partial charge in [0.15, 0.2) is 5.69 Å². The van der Waals surface area contributed by atoms with Crippen molar-refractivity contribution in [1.29, 1.82) is 0 Å². The third kappa shape index (κ3) is 4.03. The summed E-state index contributed by atoms with van der Waals surface area (Å²) in [6, 6.07) is 18.6. The van der Waals surface area contributed by atoms with Crippen molar-refractivity contribution in [3.05, 3.63) is 87.3 Å². The second-order valence-corrected chi connectivity index (χ2v) is 7.44. The van der Waals surface area contributed by atoms with E-state index >= 15 is 0 Å². The third-order valence-corrected chi connectivity index (χ3v) is 5.32. The van der Waals surface area contributed by atoms with E-state index in [-0.39, 0.29) is 17.0 Å². The predicted molar refractivity (Wildman–Crippen MR) is 114 cm³/mol. The molecule has 1 amide bonds. The maximum absolute atomic E-state index is 13.0. The molecule has 1 fully saturated rings. The Morgan fingerprint density at radius 1 is 0.931 bits per heavy atom. The maximum Gasteiger partial charge on any atom is 0.278 e. The molecule has 0 aliphatic carbocycles. The quantitative estimate of drug-likeness (QED) is 0.668. The number of halogens is 1. The number of amides is 1. The summed E-state index contributed by atoms with van der Waals surface area (Å²) in [5, 5.41) is 5.09. The molecule has 2 aromatic carbocycles. The predicted octanol–water partition coefficient (Wildman–Crippen LogP) is 3.16. The monoisotopic (exact) mass is 408 g/mol. The van der Waals surface area contributed by atoms with Gasteiger partial charge in [-0.1, -0.05) is 29.8 Å². The number of aromatic nitrogens is 2. The summed E-state index contributed by atoms with van der Waals surface area (Å²) in [6.45, 7) is 4.24. The molecular weight excluding hydrogens is 388 g/mol. The lowest BCUT2D eigenvalue weighted by atomic mass is 10.2. The molecule has 1 aromatic heterocycles. The van der Waals surface area contributed by atoms with Gasteiger partial charge in [-0.2, -0.15) is 5.10 Å². The molecule has 4 rings (SSSR count). The van der Waals surface area contributed by atoms with Gasteiger partial charge < -0.3 is 9.80 Å². The van der Waals surface area contributed by atoms with Crippen molar-refractivity contribution in [2.75, 3.05) is 31.1 Å². The van der Waals surface area contributed by atoms with E-state index in [9.17, 15) is 9.59 Å². The summed E-state index contributed by atoms with van der Waals surface area (Å²) in [5.74, 6) is -0.324. The van der Waals surface area contributed by atoms with Crippen LogP contribution < -0.4 is 10.3 Å². The molecule has 1 saturated heterocycles. The number of carbonyl (C=O) groups excluding carboxylic acids is 1. The first kappa shape index (κ1) is 19.2. The minimum atomic E-state index is -0.347. The number of para-hydroxylation sites is 1. The van der Waals surface area contributed by atoms with E-state index in [2.05, 4.69) is 10.00 Å². The van der Waals surface area contributed by atoms with Crippen LogP contribution in [0.15, 0.2) is 65.5 Å². The first-order valence-electron chi connectivity index (χ1n) is 9.49. The van der Waals surface area contributed by atoms with E-state index in [4.69, 9.17) is 11.6 Å². The normalized spacial score (nSPS) is 14.1. The topological polar surface area (TPSA) is 58.4 Å². The molecule has 0 atom stereocenters. The Morgan fingerprint density at radius 3 is 2.24 bits per heavy atom. The zero-order valence-corrected chi connectivity index (χ0v) is 16.8. The standard InChI is InChI=1S/C22H21ClN4O2/c1-16-15-20(28)21(24-27(16)19-5-3-2-4-6-19)22(29)26-13-11-25(12-14-26)18-9-7-17(23)8-10-18/h2-10,15H,11-14H2,1H3. The lowest BCUT2D eigenvalue weighted by Crippen LogP contribution is -2.50. The number of piperazine rings is 1. The van der Waals surface area contributed by atoms with Gasteiger partial charge in [-0.15, -0.1) is 0 Å². The van der Waals surface area contributed by atoms with Crippen molar-refractivity contribution in [2.24, 2.45) is 0 Å². The van der Waals surface area contributed by atoms with E-state index in [1.54, 1.807) is 16.5 Å². The van der Waals surface area contributed by atoms with Crippen LogP contribution in [0, 0.1) is 6.92 Å². The molecule has 0 N–H and O–H groups in total. The average Bonchev–Trinajstić information content (AvgIpc) is 2.75. The zero-order valence-electron chi connectivity index (χ0n) is 16.1. The Balaban J connectivity index is 1.53. The Labute approximate surface area is 173 Å². The van der Waals surface area contributed by atoms with Gasteiger partial charge in [-0.05, 0) is 43.3 Å². The first-order valence-corrected chi connectivity index (χ1v) is 9.87. The van der Waals surface area contributed by atoms with Crippen molar-refractivity contribution < 1.29 is 4.79 Å². The average molecular weight is 409 g/mol. The molecule has 6 nitrogen and oxygen atoms in total. The van der Waals surface area contributed by atoms with Crippen LogP contribution in [0.5, 0.6) is 0 Å². The van der Waals surface area contributed by atoms with E-state index < -0.39 is 0 Å². The number of anilines is 1. The van der Waals surface area contributed by atoms with Gasteiger partial charge in [0.2, 0.25) is 5.43 Å². The Hall–Kier alpha value is -3.12. The largest absolute Gasteiger partial charge is 0.368 e. The number of hydrogen-bond donors (Lipinski definition) is 0. The SMILES string of the molecule is Cc1cc(=O)c(C(=O)N2CCN(c3ccc(Cl)cc3)CC2)nn1-c1ccccc1. The number of hydrogen-bond acceptors (Lipinski definition) is 4.